The fourth-order valence-electron chi connectivity index (χ4n) is 2.29. The van der Waals surface area contributed by atoms with Crippen molar-refractivity contribution in [2.24, 2.45) is 0 Å². The summed E-state index contributed by atoms with van der Waals surface area (Å²) in [5, 5.41) is -0.106. The number of nitrogens with zero attached hydrogens (tertiary/aromatic N) is 2. The Labute approximate surface area is 129 Å². The molecule has 21 heavy (non-hydrogen) atoms. The van der Waals surface area contributed by atoms with Crippen molar-refractivity contribution in [2.45, 2.75) is 11.0 Å². The molecule has 1 unspecified atom stereocenters. The monoisotopic (exact) mass is 336 g/mol. The summed E-state index contributed by atoms with van der Waals surface area (Å²) in [7, 11) is -0.205. The molecule has 118 valence electrons. The third-order valence-corrected chi connectivity index (χ3v) is 5.56. The van der Waals surface area contributed by atoms with Gasteiger partial charge in [0, 0.05) is 19.6 Å². The largest absolute Gasteiger partial charge is 0.374 e. The summed E-state index contributed by atoms with van der Waals surface area (Å²) in [5.41, 5.74) is 0. The number of likely N-dealkylation sites (N-methyl/N-ethyl adjacent to an activating group) is 1. The van der Waals surface area contributed by atoms with Crippen LogP contribution in [0.5, 0.6) is 0 Å². The molecule has 0 aromatic heterocycles. The van der Waals surface area contributed by atoms with E-state index < -0.39 is 20.7 Å². The van der Waals surface area contributed by atoms with E-state index in [4.69, 9.17) is 16.3 Å². The first-order chi connectivity index (χ1) is 9.82. The highest BCUT2D eigenvalue weighted by molar-refractivity contribution is 7.89. The van der Waals surface area contributed by atoms with Crippen LogP contribution in [0.2, 0.25) is 5.02 Å². The van der Waals surface area contributed by atoms with Crippen LogP contribution in [0, 0.1) is 5.82 Å². The number of morpholine rings is 1. The van der Waals surface area contributed by atoms with Gasteiger partial charge in [-0.05, 0) is 26.2 Å². The van der Waals surface area contributed by atoms with Crippen molar-refractivity contribution in [3.63, 3.8) is 0 Å². The first kappa shape index (κ1) is 16.6. The van der Waals surface area contributed by atoms with E-state index in [1.807, 2.05) is 19.0 Å². The van der Waals surface area contributed by atoms with E-state index >= 15 is 0 Å². The van der Waals surface area contributed by atoms with Gasteiger partial charge >= 0.3 is 0 Å². The van der Waals surface area contributed by atoms with Crippen molar-refractivity contribution in [1.82, 2.24) is 9.21 Å². The van der Waals surface area contributed by atoms with Gasteiger partial charge in [0.05, 0.1) is 17.7 Å². The van der Waals surface area contributed by atoms with Gasteiger partial charge in [0.1, 0.15) is 10.7 Å². The van der Waals surface area contributed by atoms with Crippen LogP contribution >= 0.6 is 11.6 Å². The highest BCUT2D eigenvalue weighted by atomic mass is 35.5. The Morgan fingerprint density at radius 3 is 2.81 bits per heavy atom. The molecule has 0 spiro atoms. The molecule has 0 amide bonds. The molecule has 0 bridgehead atoms. The maximum Gasteiger partial charge on any atom is 0.247 e. The molecule has 1 heterocycles. The Hall–Kier alpha value is -0.730. The lowest BCUT2D eigenvalue weighted by atomic mass is 10.3. The zero-order valence-electron chi connectivity index (χ0n) is 11.9. The van der Waals surface area contributed by atoms with Crippen LogP contribution in [0.15, 0.2) is 23.1 Å². The SMILES string of the molecule is CN(C)CC1CN(S(=O)(=O)c2c(F)cccc2Cl)CCO1. The Bertz CT molecular complexity index is 589. The maximum atomic E-state index is 13.9. The number of hydrogen-bond donors (Lipinski definition) is 0. The molecule has 5 nitrogen and oxygen atoms in total. The van der Waals surface area contributed by atoms with Gasteiger partial charge in [-0.25, -0.2) is 12.8 Å². The van der Waals surface area contributed by atoms with E-state index in [9.17, 15) is 12.8 Å². The van der Waals surface area contributed by atoms with E-state index in [2.05, 4.69) is 0 Å². The zero-order valence-corrected chi connectivity index (χ0v) is 13.5. The summed E-state index contributed by atoms with van der Waals surface area (Å²) in [6.07, 6.45) is -0.242. The number of benzene rings is 1. The number of sulfonamides is 1. The van der Waals surface area contributed by atoms with Gasteiger partial charge < -0.3 is 9.64 Å². The minimum Gasteiger partial charge on any atom is -0.374 e. The van der Waals surface area contributed by atoms with Crippen LogP contribution in [0.1, 0.15) is 0 Å². The van der Waals surface area contributed by atoms with E-state index in [0.29, 0.717) is 6.54 Å². The second-order valence-electron chi connectivity index (χ2n) is 5.17. The molecule has 0 aliphatic carbocycles. The standard InChI is InChI=1S/C13H18ClFN2O3S/c1-16(2)8-10-9-17(6-7-20-10)21(18,19)13-11(14)4-3-5-12(13)15/h3-5,10H,6-9H2,1-2H3. The van der Waals surface area contributed by atoms with Gasteiger partial charge in [0.2, 0.25) is 10.0 Å². The molecule has 1 aromatic carbocycles. The minimum absolute atomic E-state index is 0.106. The first-order valence-corrected chi connectivity index (χ1v) is 8.34. The molecule has 0 radical (unpaired) electrons. The topological polar surface area (TPSA) is 49.9 Å². The number of rotatable bonds is 4. The van der Waals surface area contributed by atoms with Gasteiger partial charge in [-0.1, -0.05) is 17.7 Å². The lowest BCUT2D eigenvalue weighted by Crippen LogP contribution is -2.48. The molecule has 1 fully saturated rings. The fraction of sp³-hybridized carbons (Fsp3) is 0.538. The van der Waals surface area contributed by atoms with Crippen molar-refractivity contribution in [3.8, 4) is 0 Å². The molecular formula is C13H18ClFN2O3S. The second-order valence-corrected chi connectivity index (χ2v) is 7.45. The number of hydrogen-bond acceptors (Lipinski definition) is 4. The van der Waals surface area contributed by atoms with Crippen molar-refractivity contribution >= 4 is 21.6 Å². The van der Waals surface area contributed by atoms with Crippen molar-refractivity contribution in [1.29, 1.82) is 0 Å². The Kier molecular flexibility index (Phi) is 5.21. The summed E-state index contributed by atoms with van der Waals surface area (Å²) >= 11 is 5.87. The average molecular weight is 337 g/mol. The first-order valence-electron chi connectivity index (χ1n) is 6.53. The average Bonchev–Trinajstić information content (AvgIpc) is 2.37. The van der Waals surface area contributed by atoms with E-state index in [-0.39, 0.29) is 30.8 Å². The Balaban J connectivity index is 2.27. The molecule has 8 heteroatoms. The third-order valence-electron chi connectivity index (χ3n) is 3.19. The van der Waals surface area contributed by atoms with Crippen LogP contribution in [-0.4, -0.2) is 64.1 Å². The van der Waals surface area contributed by atoms with Crippen LogP contribution in [-0.2, 0) is 14.8 Å². The van der Waals surface area contributed by atoms with E-state index in [1.54, 1.807) is 0 Å². The lowest BCUT2D eigenvalue weighted by Gasteiger charge is -2.33. The summed E-state index contributed by atoms with van der Waals surface area (Å²) in [6, 6.07) is 3.84. The summed E-state index contributed by atoms with van der Waals surface area (Å²) in [6.45, 7) is 1.25. The van der Waals surface area contributed by atoms with Gasteiger partial charge in [-0.15, -0.1) is 0 Å². The molecule has 1 atom stereocenters. The smallest absolute Gasteiger partial charge is 0.247 e. The Morgan fingerprint density at radius 2 is 2.19 bits per heavy atom. The zero-order chi connectivity index (χ0) is 15.6. The number of halogens is 2. The number of ether oxygens (including phenoxy) is 1. The highest BCUT2D eigenvalue weighted by Gasteiger charge is 2.34. The summed E-state index contributed by atoms with van der Waals surface area (Å²) in [5.74, 6) is -0.835. The minimum atomic E-state index is -3.96. The van der Waals surface area contributed by atoms with Gasteiger partial charge in [0.25, 0.3) is 0 Å². The van der Waals surface area contributed by atoms with Gasteiger partial charge in [0.15, 0.2) is 0 Å². The predicted molar refractivity (Wildman–Crippen MR) is 78.5 cm³/mol. The molecule has 1 aliphatic heterocycles. The Morgan fingerprint density at radius 1 is 1.48 bits per heavy atom. The van der Waals surface area contributed by atoms with Gasteiger partial charge in [-0.3, -0.25) is 0 Å². The van der Waals surface area contributed by atoms with Crippen molar-refractivity contribution in [2.75, 3.05) is 40.3 Å². The molecule has 2 rings (SSSR count). The molecule has 1 saturated heterocycles. The van der Waals surface area contributed by atoms with Crippen molar-refractivity contribution in [3.05, 3.63) is 29.0 Å². The van der Waals surface area contributed by atoms with Crippen LogP contribution in [0.4, 0.5) is 4.39 Å². The molecule has 0 saturated carbocycles. The third kappa shape index (κ3) is 3.73. The molecule has 1 aliphatic rings. The molecule has 1 aromatic rings. The normalized spacial score (nSPS) is 20.9. The highest BCUT2D eigenvalue weighted by Crippen LogP contribution is 2.28. The van der Waals surface area contributed by atoms with E-state index in [1.165, 1.54) is 16.4 Å². The van der Waals surface area contributed by atoms with Crippen LogP contribution in [0.25, 0.3) is 0 Å². The van der Waals surface area contributed by atoms with Gasteiger partial charge in [-0.2, -0.15) is 4.31 Å². The van der Waals surface area contributed by atoms with Crippen LogP contribution in [0.3, 0.4) is 0 Å². The maximum absolute atomic E-state index is 13.9. The summed E-state index contributed by atoms with van der Waals surface area (Å²) in [4.78, 5) is 1.45. The lowest BCUT2D eigenvalue weighted by molar-refractivity contribution is -0.0132. The molecule has 0 N–H and O–H groups in total. The fourth-order valence-corrected chi connectivity index (χ4v) is 4.31. The molecular weight excluding hydrogens is 319 g/mol. The van der Waals surface area contributed by atoms with Crippen LogP contribution < -0.4 is 0 Å². The van der Waals surface area contributed by atoms with Crippen molar-refractivity contribution < 1.29 is 17.5 Å². The predicted octanol–water partition coefficient (Wildman–Crippen LogP) is 1.43. The second kappa shape index (κ2) is 6.58. The van der Waals surface area contributed by atoms with E-state index in [0.717, 1.165) is 6.07 Å². The quantitative estimate of drug-likeness (QED) is 0.834. The summed E-state index contributed by atoms with van der Waals surface area (Å²) < 4.78 is 45.8.